The molecule has 4 nitrogen and oxygen atoms in total. The molecule has 1 unspecified atom stereocenters. The van der Waals surface area contributed by atoms with Gasteiger partial charge in [0, 0.05) is 12.1 Å². The third kappa shape index (κ3) is 2.43. The third-order valence-electron chi connectivity index (χ3n) is 2.09. The van der Waals surface area contributed by atoms with Crippen LogP contribution in [0, 0.1) is 0 Å². The van der Waals surface area contributed by atoms with Crippen molar-refractivity contribution in [2.45, 2.75) is 25.4 Å². The summed E-state index contributed by atoms with van der Waals surface area (Å²) in [5, 5.41) is 11.9. The smallest absolute Gasteiger partial charge is 0.153 e. The van der Waals surface area contributed by atoms with E-state index in [-0.39, 0.29) is 30.2 Å². The molecule has 5 heteroatoms. The van der Waals surface area contributed by atoms with Gasteiger partial charge in [-0.1, -0.05) is 6.92 Å². The van der Waals surface area contributed by atoms with Crippen LogP contribution < -0.4 is 5.32 Å². The van der Waals surface area contributed by atoms with E-state index in [1.54, 1.807) is 0 Å². The Morgan fingerprint density at radius 3 is 2.50 bits per heavy atom. The van der Waals surface area contributed by atoms with E-state index in [1.807, 2.05) is 6.92 Å². The van der Waals surface area contributed by atoms with Gasteiger partial charge in [0.05, 0.1) is 18.1 Å². The summed E-state index contributed by atoms with van der Waals surface area (Å²) in [6.45, 7) is 2.04. The molecule has 0 aromatic heterocycles. The average Bonchev–Trinajstić information content (AvgIpc) is 1.96. The Morgan fingerprint density at radius 1 is 1.58 bits per heavy atom. The summed E-state index contributed by atoms with van der Waals surface area (Å²) in [5.41, 5.74) is 0. The number of aliphatic hydroxyl groups excluding tert-OH is 1. The predicted molar refractivity (Wildman–Crippen MR) is 46.7 cm³/mol. The van der Waals surface area contributed by atoms with Gasteiger partial charge < -0.3 is 10.4 Å². The van der Waals surface area contributed by atoms with Crippen LogP contribution in [0.1, 0.15) is 13.3 Å². The second kappa shape index (κ2) is 3.72. The highest BCUT2D eigenvalue weighted by molar-refractivity contribution is 7.92. The van der Waals surface area contributed by atoms with E-state index in [9.17, 15) is 8.42 Å². The number of hydrogen-bond acceptors (Lipinski definition) is 4. The maximum Gasteiger partial charge on any atom is 0.153 e. The Bertz CT molecular complexity index is 221. The monoisotopic (exact) mass is 193 g/mol. The Kier molecular flexibility index (Phi) is 3.09. The Labute approximate surface area is 72.9 Å². The fourth-order valence-corrected chi connectivity index (χ4v) is 2.61. The average molecular weight is 193 g/mol. The molecule has 1 fully saturated rings. The Morgan fingerprint density at radius 2 is 2.17 bits per heavy atom. The summed E-state index contributed by atoms with van der Waals surface area (Å²) in [6, 6.07) is 0.109. The standard InChI is InChI=1S/C7H15NO3S/c1-2-6(3-9)8-7-4-12(10,11)5-7/h6-9H,2-5H2,1H3. The van der Waals surface area contributed by atoms with Gasteiger partial charge in [-0.15, -0.1) is 0 Å². The SMILES string of the molecule is CCC(CO)NC1CS(=O)(=O)C1. The van der Waals surface area contributed by atoms with Crippen LogP contribution in [0.2, 0.25) is 0 Å². The molecule has 0 bridgehead atoms. The molecule has 0 spiro atoms. The second-order valence-electron chi connectivity index (χ2n) is 3.23. The first kappa shape index (κ1) is 9.95. The lowest BCUT2D eigenvalue weighted by molar-refractivity contribution is 0.230. The molecule has 0 aromatic carbocycles. The van der Waals surface area contributed by atoms with E-state index in [0.29, 0.717) is 0 Å². The van der Waals surface area contributed by atoms with E-state index >= 15 is 0 Å². The summed E-state index contributed by atoms with van der Waals surface area (Å²) in [7, 11) is -2.74. The molecular weight excluding hydrogens is 178 g/mol. The molecule has 1 aliphatic rings. The highest BCUT2D eigenvalue weighted by atomic mass is 32.2. The molecule has 1 saturated heterocycles. The van der Waals surface area contributed by atoms with Gasteiger partial charge in [-0.25, -0.2) is 8.42 Å². The zero-order valence-corrected chi connectivity index (χ0v) is 7.97. The van der Waals surface area contributed by atoms with Gasteiger partial charge in [-0.3, -0.25) is 0 Å². The van der Waals surface area contributed by atoms with Crippen molar-refractivity contribution >= 4 is 9.84 Å². The number of hydrogen-bond donors (Lipinski definition) is 2. The minimum atomic E-state index is -2.74. The number of nitrogens with one attached hydrogen (secondary N) is 1. The molecule has 1 rings (SSSR count). The lowest BCUT2D eigenvalue weighted by atomic mass is 10.2. The van der Waals surface area contributed by atoms with Crippen molar-refractivity contribution in [1.82, 2.24) is 5.32 Å². The summed E-state index contributed by atoms with van der Waals surface area (Å²) in [4.78, 5) is 0. The molecule has 2 N–H and O–H groups in total. The van der Waals surface area contributed by atoms with E-state index in [4.69, 9.17) is 5.11 Å². The highest BCUT2D eigenvalue weighted by Gasteiger charge is 2.33. The Balaban J connectivity index is 2.26. The molecule has 72 valence electrons. The van der Waals surface area contributed by atoms with Crippen molar-refractivity contribution in [3.63, 3.8) is 0 Å². The maximum atomic E-state index is 10.8. The van der Waals surface area contributed by atoms with Crippen LogP contribution in [0.3, 0.4) is 0 Å². The molecule has 0 amide bonds. The van der Waals surface area contributed by atoms with E-state index < -0.39 is 9.84 Å². The molecule has 1 heterocycles. The highest BCUT2D eigenvalue weighted by Crippen LogP contribution is 2.11. The summed E-state index contributed by atoms with van der Waals surface area (Å²) >= 11 is 0. The van der Waals surface area contributed by atoms with Crippen molar-refractivity contribution in [1.29, 1.82) is 0 Å². The van der Waals surface area contributed by atoms with E-state index in [0.717, 1.165) is 6.42 Å². The summed E-state index contributed by atoms with van der Waals surface area (Å²) < 4.78 is 21.5. The van der Waals surface area contributed by atoms with Crippen LogP contribution in [0.4, 0.5) is 0 Å². The first-order valence-electron chi connectivity index (χ1n) is 4.14. The van der Waals surface area contributed by atoms with Crippen LogP contribution in [-0.4, -0.2) is 43.7 Å². The Hall–Kier alpha value is -0.130. The topological polar surface area (TPSA) is 66.4 Å². The molecule has 0 saturated carbocycles. The van der Waals surface area contributed by atoms with Gasteiger partial charge in [-0.2, -0.15) is 0 Å². The van der Waals surface area contributed by atoms with Crippen molar-refractivity contribution < 1.29 is 13.5 Å². The molecule has 12 heavy (non-hydrogen) atoms. The van der Waals surface area contributed by atoms with E-state index in [1.165, 1.54) is 0 Å². The summed E-state index contributed by atoms with van der Waals surface area (Å²) in [5.74, 6) is 0.451. The molecule has 0 aliphatic carbocycles. The van der Waals surface area contributed by atoms with Crippen molar-refractivity contribution in [2.24, 2.45) is 0 Å². The minimum absolute atomic E-state index is 0.0468. The second-order valence-corrected chi connectivity index (χ2v) is 5.38. The first-order chi connectivity index (χ1) is 5.57. The number of rotatable bonds is 4. The molecule has 0 aromatic rings. The normalized spacial score (nSPS) is 24.8. The zero-order valence-electron chi connectivity index (χ0n) is 7.16. The minimum Gasteiger partial charge on any atom is -0.395 e. The van der Waals surface area contributed by atoms with Gasteiger partial charge in [0.15, 0.2) is 9.84 Å². The van der Waals surface area contributed by atoms with E-state index in [2.05, 4.69) is 5.32 Å². The zero-order chi connectivity index (χ0) is 9.19. The predicted octanol–water partition coefficient (Wildman–Crippen LogP) is -0.856. The van der Waals surface area contributed by atoms with Gasteiger partial charge in [0.1, 0.15) is 0 Å². The van der Waals surface area contributed by atoms with Gasteiger partial charge in [-0.05, 0) is 6.42 Å². The van der Waals surface area contributed by atoms with Gasteiger partial charge >= 0.3 is 0 Å². The fraction of sp³-hybridized carbons (Fsp3) is 1.00. The molecular formula is C7H15NO3S. The quantitative estimate of drug-likeness (QED) is 0.610. The van der Waals surface area contributed by atoms with Crippen LogP contribution in [-0.2, 0) is 9.84 Å². The van der Waals surface area contributed by atoms with Crippen LogP contribution in [0.15, 0.2) is 0 Å². The molecule has 1 atom stereocenters. The van der Waals surface area contributed by atoms with Crippen molar-refractivity contribution in [2.75, 3.05) is 18.1 Å². The third-order valence-corrected chi connectivity index (χ3v) is 3.92. The maximum absolute atomic E-state index is 10.8. The number of aliphatic hydroxyl groups is 1. The fourth-order valence-electron chi connectivity index (χ4n) is 1.29. The summed E-state index contributed by atoms with van der Waals surface area (Å²) in [6.07, 6.45) is 0.826. The van der Waals surface area contributed by atoms with Crippen molar-refractivity contribution in [3.05, 3.63) is 0 Å². The lowest BCUT2D eigenvalue weighted by Crippen LogP contribution is -2.54. The molecule has 0 radical (unpaired) electrons. The first-order valence-corrected chi connectivity index (χ1v) is 5.97. The lowest BCUT2D eigenvalue weighted by Gasteiger charge is -2.30. The van der Waals surface area contributed by atoms with Crippen molar-refractivity contribution in [3.8, 4) is 0 Å². The van der Waals surface area contributed by atoms with Crippen LogP contribution in [0.5, 0.6) is 0 Å². The molecule has 1 aliphatic heterocycles. The van der Waals surface area contributed by atoms with Crippen LogP contribution in [0.25, 0.3) is 0 Å². The largest absolute Gasteiger partial charge is 0.395 e. The van der Waals surface area contributed by atoms with Gasteiger partial charge in [0.2, 0.25) is 0 Å². The number of sulfone groups is 1. The van der Waals surface area contributed by atoms with Gasteiger partial charge in [0.25, 0.3) is 0 Å². The van der Waals surface area contributed by atoms with Crippen LogP contribution >= 0.6 is 0 Å².